The molecule has 0 fully saturated rings. The van der Waals surface area contributed by atoms with Crippen molar-refractivity contribution in [2.24, 2.45) is 0 Å². The van der Waals surface area contributed by atoms with Crippen LogP contribution in [0.5, 0.6) is 0 Å². The first-order chi connectivity index (χ1) is 11.2. The first-order valence-electron chi connectivity index (χ1n) is 8.70. The highest BCUT2D eigenvalue weighted by Crippen LogP contribution is 2.03. The van der Waals surface area contributed by atoms with Gasteiger partial charge in [0.2, 0.25) is 0 Å². The van der Waals surface area contributed by atoms with Gasteiger partial charge < -0.3 is 10.2 Å². The van der Waals surface area contributed by atoms with Crippen LogP contribution in [0.4, 0.5) is 0 Å². The highest BCUT2D eigenvalue weighted by molar-refractivity contribution is 5.66. The van der Waals surface area contributed by atoms with Gasteiger partial charge in [0.1, 0.15) is 0 Å². The molecule has 1 atom stereocenters. The quantitative estimate of drug-likeness (QED) is 0.263. The maximum Gasteiger partial charge on any atom is 0.303 e. The Balaban J connectivity index is 3.59. The van der Waals surface area contributed by atoms with E-state index >= 15 is 0 Å². The van der Waals surface area contributed by atoms with Gasteiger partial charge in [0.25, 0.3) is 0 Å². The first-order valence-corrected chi connectivity index (χ1v) is 8.70. The highest BCUT2D eigenvalue weighted by Gasteiger charge is 2.01. The molecular formula is C20H32O3. The van der Waals surface area contributed by atoms with Gasteiger partial charge in [0.05, 0.1) is 6.10 Å². The Labute approximate surface area is 141 Å². The number of aliphatic hydroxyl groups is 1. The van der Waals surface area contributed by atoms with Crippen LogP contribution >= 0.6 is 0 Å². The van der Waals surface area contributed by atoms with Crippen LogP contribution in [-0.2, 0) is 4.79 Å². The normalized spacial score (nSPS) is 13.8. The van der Waals surface area contributed by atoms with Gasteiger partial charge in [-0.05, 0) is 38.5 Å². The summed E-state index contributed by atoms with van der Waals surface area (Å²) in [5.74, 6) is -0.816. The number of aliphatic hydroxyl groups excluding tert-OH is 1. The molecule has 0 spiro atoms. The second kappa shape index (κ2) is 16.8. The summed E-state index contributed by atoms with van der Waals surface area (Å²) in [4.78, 5) is 10.3. The average Bonchev–Trinajstić information content (AvgIpc) is 2.51. The zero-order valence-electron chi connectivity index (χ0n) is 14.4. The summed E-state index contributed by atoms with van der Waals surface area (Å²) < 4.78 is 0. The van der Waals surface area contributed by atoms with Crippen LogP contribution in [0.3, 0.4) is 0 Å². The van der Waals surface area contributed by atoms with E-state index in [0.717, 1.165) is 12.8 Å². The van der Waals surface area contributed by atoms with Crippen molar-refractivity contribution in [3.8, 4) is 0 Å². The molecule has 0 saturated carbocycles. The van der Waals surface area contributed by atoms with E-state index in [1.165, 1.54) is 25.7 Å². The van der Waals surface area contributed by atoms with Gasteiger partial charge in [-0.3, -0.25) is 4.79 Å². The Hall–Kier alpha value is -1.61. The lowest BCUT2D eigenvalue weighted by Crippen LogP contribution is -2.03. The minimum Gasteiger partial charge on any atom is -0.481 e. The Bertz CT molecular complexity index is 392. The second-order valence-electron chi connectivity index (χ2n) is 5.58. The van der Waals surface area contributed by atoms with Crippen LogP contribution in [-0.4, -0.2) is 22.3 Å². The fraction of sp³-hybridized carbons (Fsp3) is 0.550. The van der Waals surface area contributed by atoms with E-state index in [9.17, 15) is 9.90 Å². The molecule has 0 aromatic carbocycles. The number of hydrogen-bond donors (Lipinski definition) is 2. The Morgan fingerprint density at radius 2 is 1.65 bits per heavy atom. The molecule has 0 aliphatic carbocycles. The van der Waals surface area contributed by atoms with Crippen molar-refractivity contribution < 1.29 is 15.0 Å². The molecule has 0 heterocycles. The smallest absolute Gasteiger partial charge is 0.303 e. The number of aliphatic carboxylic acids is 1. The van der Waals surface area contributed by atoms with E-state index in [-0.39, 0.29) is 6.42 Å². The zero-order chi connectivity index (χ0) is 17.2. The number of carboxylic acids is 1. The van der Waals surface area contributed by atoms with Gasteiger partial charge in [0.15, 0.2) is 0 Å². The van der Waals surface area contributed by atoms with E-state index in [1.54, 1.807) is 6.08 Å². The van der Waals surface area contributed by atoms with E-state index in [1.807, 2.05) is 18.2 Å². The maximum atomic E-state index is 10.3. The first kappa shape index (κ1) is 21.4. The minimum atomic E-state index is -0.816. The summed E-state index contributed by atoms with van der Waals surface area (Å²) >= 11 is 0. The molecule has 0 radical (unpaired) electrons. The Morgan fingerprint density at radius 3 is 2.35 bits per heavy atom. The van der Waals surface area contributed by atoms with E-state index in [4.69, 9.17) is 5.11 Å². The predicted octanol–water partition coefficient (Wildman–Crippen LogP) is 5.19. The molecule has 3 nitrogen and oxygen atoms in total. The lowest BCUT2D eigenvalue weighted by molar-refractivity contribution is -0.137. The Kier molecular flexibility index (Phi) is 15.6. The molecule has 0 amide bonds. The molecule has 1 unspecified atom stereocenters. The van der Waals surface area contributed by atoms with Gasteiger partial charge in [-0.2, -0.15) is 0 Å². The molecule has 0 rings (SSSR count). The minimum absolute atomic E-state index is 0.110. The van der Waals surface area contributed by atoms with Gasteiger partial charge in [-0.25, -0.2) is 0 Å². The summed E-state index contributed by atoms with van der Waals surface area (Å²) in [6, 6.07) is 0. The van der Waals surface area contributed by atoms with E-state index in [2.05, 4.69) is 31.2 Å². The standard InChI is InChI=1S/C20H32O3/c1-2-3-4-5-6-7-8-9-10-11-12-13-14-16-19(21)17-15-18-20(22)23/h6-7,9-10,12-14,16,19,21H,2-5,8,11,15,17-18H2,1H3,(H,22,23)/b7-6?,10-9?,13-12?,16-14+. The van der Waals surface area contributed by atoms with Crippen LogP contribution in [0.2, 0.25) is 0 Å². The number of carboxylic acid groups (broad SMARTS) is 1. The molecular weight excluding hydrogens is 288 g/mol. The van der Waals surface area contributed by atoms with Gasteiger partial charge in [-0.1, -0.05) is 68.4 Å². The molecule has 0 aliphatic heterocycles. The number of hydrogen-bond acceptors (Lipinski definition) is 2. The molecule has 3 heteroatoms. The SMILES string of the molecule is CCCCCC=CCC=CCC=C/C=C/C(O)CCCC(=O)O. The molecule has 2 N–H and O–H groups in total. The fourth-order valence-corrected chi connectivity index (χ4v) is 1.98. The fourth-order valence-electron chi connectivity index (χ4n) is 1.98. The predicted molar refractivity (Wildman–Crippen MR) is 97.4 cm³/mol. The molecule has 0 saturated heterocycles. The second-order valence-corrected chi connectivity index (χ2v) is 5.58. The van der Waals surface area contributed by atoms with Gasteiger partial charge in [0, 0.05) is 6.42 Å². The summed E-state index contributed by atoms with van der Waals surface area (Å²) in [5.41, 5.74) is 0. The lowest BCUT2D eigenvalue weighted by Gasteiger charge is -2.02. The van der Waals surface area contributed by atoms with Crippen molar-refractivity contribution in [1.82, 2.24) is 0 Å². The number of rotatable bonds is 14. The molecule has 0 aromatic rings. The summed E-state index contributed by atoms with van der Waals surface area (Å²) in [7, 11) is 0. The summed E-state index contributed by atoms with van der Waals surface area (Å²) in [6.45, 7) is 2.22. The van der Waals surface area contributed by atoms with Crippen LogP contribution < -0.4 is 0 Å². The summed E-state index contributed by atoms with van der Waals surface area (Å²) in [5, 5.41) is 18.1. The van der Waals surface area contributed by atoms with Crippen LogP contribution in [0.1, 0.15) is 64.7 Å². The number of carbonyl (C=O) groups is 1. The largest absolute Gasteiger partial charge is 0.481 e. The third-order valence-electron chi connectivity index (χ3n) is 3.32. The summed E-state index contributed by atoms with van der Waals surface area (Å²) in [6.07, 6.45) is 23.6. The monoisotopic (exact) mass is 320 g/mol. The average molecular weight is 320 g/mol. The van der Waals surface area contributed by atoms with E-state index in [0.29, 0.717) is 12.8 Å². The van der Waals surface area contributed by atoms with Crippen LogP contribution in [0.15, 0.2) is 48.6 Å². The van der Waals surface area contributed by atoms with Crippen LogP contribution in [0.25, 0.3) is 0 Å². The van der Waals surface area contributed by atoms with Gasteiger partial charge >= 0.3 is 5.97 Å². The highest BCUT2D eigenvalue weighted by atomic mass is 16.4. The molecule has 0 bridgehead atoms. The topological polar surface area (TPSA) is 57.5 Å². The van der Waals surface area contributed by atoms with Crippen molar-refractivity contribution in [2.75, 3.05) is 0 Å². The molecule has 130 valence electrons. The molecule has 23 heavy (non-hydrogen) atoms. The molecule has 0 aromatic heterocycles. The third-order valence-corrected chi connectivity index (χ3v) is 3.32. The lowest BCUT2D eigenvalue weighted by atomic mass is 10.1. The number of unbranched alkanes of at least 4 members (excludes halogenated alkanes) is 3. The van der Waals surface area contributed by atoms with E-state index < -0.39 is 12.1 Å². The zero-order valence-corrected chi connectivity index (χ0v) is 14.4. The molecule has 0 aliphatic rings. The van der Waals surface area contributed by atoms with Crippen molar-refractivity contribution in [2.45, 2.75) is 70.8 Å². The van der Waals surface area contributed by atoms with Crippen molar-refractivity contribution >= 4 is 5.97 Å². The number of allylic oxidation sites excluding steroid dienone is 7. The third kappa shape index (κ3) is 18.3. The van der Waals surface area contributed by atoms with Crippen molar-refractivity contribution in [3.05, 3.63) is 48.6 Å². The van der Waals surface area contributed by atoms with Crippen LogP contribution in [0, 0.1) is 0 Å². The maximum absolute atomic E-state index is 10.3. The van der Waals surface area contributed by atoms with Crippen molar-refractivity contribution in [3.63, 3.8) is 0 Å². The van der Waals surface area contributed by atoms with Crippen molar-refractivity contribution in [1.29, 1.82) is 0 Å². The Morgan fingerprint density at radius 1 is 0.957 bits per heavy atom. The van der Waals surface area contributed by atoms with Gasteiger partial charge in [-0.15, -0.1) is 0 Å².